The Morgan fingerprint density at radius 2 is 1.10 bits per heavy atom. The van der Waals surface area contributed by atoms with E-state index in [0.29, 0.717) is 0 Å². The summed E-state index contributed by atoms with van der Waals surface area (Å²) >= 11 is 0. The van der Waals surface area contributed by atoms with Crippen LogP contribution in [0.3, 0.4) is 0 Å². The highest BCUT2D eigenvalue weighted by atomic mass is 16.1. The molecular formula is C38H43NO. The van der Waals surface area contributed by atoms with Gasteiger partial charge in [-0.3, -0.25) is 4.79 Å². The minimum atomic E-state index is -0.0692. The van der Waals surface area contributed by atoms with Crippen LogP contribution in [0.25, 0.3) is 11.1 Å². The SMILES string of the molecule is CCCCCCC1(CCCCCC)c2cc(C=O)ccc2-c2ccc(N(c3ccccc3)c3ccccc3)cc21. The maximum atomic E-state index is 11.9. The van der Waals surface area contributed by atoms with E-state index < -0.39 is 0 Å². The van der Waals surface area contributed by atoms with Crippen molar-refractivity contribution >= 4 is 23.3 Å². The third kappa shape index (κ3) is 5.63. The van der Waals surface area contributed by atoms with E-state index in [9.17, 15) is 4.79 Å². The molecule has 4 aromatic carbocycles. The first-order valence-corrected chi connectivity index (χ1v) is 15.4. The summed E-state index contributed by atoms with van der Waals surface area (Å²) in [4.78, 5) is 14.3. The van der Waals surface area contributed by atoms with Crippen LogP contribution in [0.1, 0.15) is 99.5 Å². The molecule has 4 aromatic rings. The molecule has 1 aliphatic carbocycles. The van der Waals surface area contributed by atoms with Gasteiger partial charge in [-0.15, -0.1) is 0 Å². The summed E-state index contributed by atoms with van der Waals surface area (Å²) in [5.74, 6) is 0. The third-order valence-electron chi connectivity index (χ3n) is 8.71. The maximum Gasteiger partial charge on any atom is 0.150 e. The predicted octanol–water partition coefficient (Wildman–Crippen LogP) is 11.2. The molecule has 0 atom stereocenters. The van der Waals surface area contributed by atoms with E-state index in [1.54, 1.807) is 0 Å². The molecule has 0 bridgehead atoms. The van der Waals surface area contributed by atoms with E-state index in [0.717, 1.165) is 36.1 Å². The molecule has 1 aliphatic rings. The second-order valence-electron chi connectivity index (χ2n) is 11.4. The van der Waals surface area contributed by atoms with Crippen molar-refractivity contribution < 1.29 is 4.79 Å². The van der Waals surface area contributed by atoms with Crippen LogP contribution < -0.4 is 4.90 Å². The van der Waals surface area contributed by atoms with Crippen LogP contribution in [0.15, 0.2) is 97.1 Å². The van der Waals surface area contributed by atoms with E-state index in [4.69, 9.17) is 0 Å². The van der Waals surface area contributed by atoms with Crippen LogP contribution in [0.5, 0.6) is 0 Å². The fraction of sp³-hybridized carbons (Fsp3) is 0.342. The van der Waals surface area contributed by atoms with Gasteiger partial charge in [0.15, 0.2) is 0 Å². The van der Waals surface area contributed by atoms with Crippen molar-refractivity contribution in [2.75, 3.05) is 4.90 Å². The first-order valence-electron chi connectivity index (χ1n) is 15.4. The molecule has 0 saturated carbocycles. The van der Waals surface area contributed by atoms with Crippen molar-refractivity contribution in [1.29, 1.82) is 0 Å². The van der Waals surface area contributed by atoms with E-state index in [-0.39, 0.29) is 5.41 Å². The molecule has 40 heavy (non-hydrogen) atoms. The lowest BCUT2D eigenvalue weighted by atomic mass is 9.70. The monoisotopic (exact) mass is 529 g/mol. The number of rotatable bonds is 14. The number of carbonyl (C=O) groups excluding carboxylic acids is 1. The molecule has 2 nitrogen and oxygen atoms in total. The van der Waals surface area contributed by atoms with Crippen LogP contribution in [0, 0.1) is 0 Å². The summed E-state index contributed by atoms with van der Waals surface area (Å²) in [6.07, 6.45) is 13.2. The van der Waals surface area contributed by atoms with Crippen molar-refractivity contribution in [3.63, 3.8) is 0 Å². The zero-order chi connectivity index (χ0) is 27.8. The smallest absolute Gasteiger partial charge is 0.150 e. The van der Waals surface area contributed by atoms with Gasteiger partial charge in [0.05, 0.1) is 0 Å². The lowest BCUT2D eigenvalue weighted by Crippen LogP contribution is -2.26. The lowest BCUT2D eigenvalue weighted by Gasteiger charge is -2.34. The summed E-state index contributed by atoms with van der Waals surface area (Å²) in [6.45, 7) is 4.57. The van der Waals surface area contributed by atoms with Gasteiger partial charge < -0.3 is 4.90 Å². The Morgan fingerprint density at radius 1 is 0.575 bits per heavy atom. The van der Waals surface area contributed by atoms with E-state index in [2.05, 4.69) is 110 Å². The minimum Gasteiger partial charge on any atom is -0.310 e. The number of para-hydroxylation sites is 2. The molecule has 0 radical (unpaired) electrons. The number of hydrogen-bond acceptors (Lipinski definition) is 2. The summed E-state index contributed by atoms with van der Waals surface area (Å²) in [5, 5.41) is 0. The van der Waals surface area contributed by atoms with Gasteiger partial charge in [-0.25, -0.2) is 0 Å². The van der Waals surface area contributed by atoms with Crippen LogP contribution >= 0.6 is 0 Å². The van der Waals surface area contributed by atoms with Gasteiger partial charge in [-0.05, 0) is 77.6 Å². The fourth-order valence-corrected chi connectivity index (χ4v) is 6.69. The summed E-state index contributed by atoms with van der Waals surface area (Å²) in [5.41, 5.74) is 9.66. The zero-order valence-corrected chi connectivity index (χ0v) is 24.2. The molecular weight excluding hydrogens is 486 g/mol. The number of anilines is 3. The number of hydrogen-bond donors (Lipinski definition) is 0. The maximum absolute atomic E-state index is 11.9. The number of unbranched alkanes of at least 4 members (excludes halogenated alkanes) is 6. The van der Waals surface area contributed by atoms with Crippen molar-refractivity contribution in [3.05, 3.63) is 114 Å². The van der Waals surface area contributed by atoms with Crippen molar-refractivity contribution in [2.24, 2.45) is 0 Å². The number of benzene rings is 4. The second-order valence-corrected chi connectivity index (χ2v) is 11.4. The molecule has 0 unspecified atom stereocenters. The van der Waals surface area contributed by atoms with Crippen molar-refractivity contribution in [2.45, 2.75) is 83.5 Å². The normalized spacial score (nSPS) is 13.1. The standard InChI is InChI=1S/C38H43NO/c1-3-5-7-15-25-38(26-16-8-6-4-2)36-27-30(29-40)21-23-34(36)35-24-22-33(28-37(35)38)39(31-17-11-9-12-18-31)32-19-13-10-14-20-32/h9-14,17-24,27-29H,3-8,15-16,25-26H2,1-2H3. The van der Waals surface area contributed by atoms with Crippen LogP contribution in [0.4, 0.5) is 17.1 Å². The zero-order valence-electron chi connectivity index (χ0n) is 24.2. The molecule has 0 aromatic heterocycles. The average molecular weight is 530 g/mol. The first-order chi connectivity index (χ1) is 19.7. The molecule has 206 valence electrons. The average Bonchev–Trinajstić information content (AvgIpc) is 3.27. The number of nitrogens with zero attached hydrogens (tertiary/aromatic N) is 1. The Bertz CT molecular complexity index is 1340. The van der Waals surface area contributed by atoms with Gasteiger partial charge >= 0.3 is 0 Å². The molecule has 0 N–H and O–H groups in total. The highest BCUT2D eigenvalue weighted by Gasteiger charge is 2.42. The Labute approximate surface area is 241 Å². The molecule has 5 rings (SSSR count). The van der Waals surface area contributed by atoms with Gasteiger partial charge in [-0.2, -0.15) is 0 Å². The third-order valence-corrected chi connectivity index (χ3v) is 8.71. The summed E-state index contributed by atoms with van der Waals surface area (Å²) in [7, 11) is 0. The molecule has 0 spiro atoms. The van der Waals surface area contributed by atoms with Gasteiger partial charge in [0.1, 0.15) is 6.29 Å². The van der Waals surface area contributed by atoms with Crippen molar-refractivity contribution in [1.82, 2.24) is 0 Å². The molecule has 2 heteroatoms. The van der Waals surface area contributed by atoms with E-state index in [1.165, 1.54) is 79.3 Å². The van der Waals surface area contributed by atoms with Gasteiger partial charge in [0.25, 0.3) is 0 Å². The topological polar surface area (TPSA) is 20.3 Å². The van der Waals surface area contributed by atoms with Crippen molar-refractivity contribution in [3.8, 4) is 11.1 Å². The number of fused-ring (bicyclic) bond motifs is 3. The highest BCUT2D eigenvalue weighted by molar-refractivity contribution is 5.88. The van der Waals surface area contributed by atoms with Gasteiger partial charge in [0, 0.05) is 28.0 Å². The molecule has 0 heterocycles. The quantitative estimate of drug-likeness (QED) is 0.120. The number of carbonyl (C=O) groups is 1. The van der Waals surface area contributed by atoms with E-state index >= 15 is 0 Å². The molecule has 0 aliphatic heterocycles. The Hall–Kier alpha value is -3.65. The Balaban J connectivity index is 1.67. The second kappa shape index (κ2) is 13.1. The highest BCUT2D eigenvalue weighted by Crippen LogP contribution is 2.55. The largest absolute Gasteiger partial charge is 0.310 e. The minimum absolute atomic E-state index is 0.0692. The Kier molecular flexibility index (Phi) is 9.16. The summed E-state index contributed by atoms with van der Waals surface area (Å²) < 4.78 is 0. The summed E-state index contributed by atoms with van der Waals surface area (Å²) in [6, 6.07) is 34.8. The van der Waals surface area contributed by atoms with Gasteiger partial charge in [0.2, 0.25) is 0 Å². The van der Waals surface area contributed by atoms with Crippen LogP contribution in [0.2, 0.25) is 0 Å². The van der Waals surface area contributed by atoms with Crippen LogP contribution in [-0.2, 0) is 5.41 Å². The first kappa shape index (κ1) is 27.9. The van der Waals surface area contributed by atoms with Gasteiger partial charge in [-0.1, -0.05) is 120 Å². The fourth-order valence-electron chi connectivity index (χ4n) is 6.69. The molecule has 0 fully saturated rings. The lowest BCUT2D eigenvalue weighted by molar-refractivity contribution is 0.112. The van der Waals surface area contributed by atoms with E-state index in [1.807, 2.05) is 6.07 Å². The van der Waals surface area contributed by atoms with Crippen LogP contribution in [-0.4, -0.2) is 6.29 Å². The molecule has 0 saturated heterocycles. The number of aldehydes is 1. The predicted molar refractivity (Wildman–Crippen MR) is 170 cm³/mol. The Morgan fingerprint density at radius 3 is 1.62 bits per heavy atom. The molecule has 0 amide bonds.